The van der Waals surface area contributed by atoms with Crippen LogP contribution in [-0.4, -0.2) is 71.2 Å². The van der Waals surface area contributed by atoms with Crippen molar-refractivity contribution < 1.29 is 9.59 Å². The summed E-state index contributed by atoms with van der Waals surface area (Å²) >= 11 is 0. The molecule has 1 saturated carbocycles. The highest BCUT2D eigenvalue weighted by Crippen LogP contribution is 2.28. The largest absolute Gasteiger partial charge is 0.369 e. The van der Waals surface area contributed by atoms with E-state index in [4.69, 9.17) is 0 Å². The number of hydrogen-bond acceptors (Lipinski definition) is 6. The second-order valence-corrected chi connectivity index (χ2v) is 9.67. The van der Waals surface area contributed by atoms with Crippen LogP contribution in [0.5, 0.6) is 0 Å². The maximum absolute atomic E-state index is 13.0. The normalized spacial score (nSPS) is 27.2. The highest BCUT2D eigenvalue weighted by atomic mass is 16.2. The SMILES string of the molecule is CNC1CCC(N2CCN(c3ccc4c(c3)n(C)c(=O)n4C3CCC(=O)NC3=O)CC2)CC1. The third-order valence-corrected chi connectivity index (χ3v) is 7.90. The van der Waals surface area contributed by atoms with Crippen molar-refractivity contribution in [3.05, 3.63) is 28.7 Å². The second kappa shape index (κ2) is 8.95. The number of nitrogens with one attached hydrogen (secondary N) is 2. The van der Waals surface area contributed by atoms with E-state index in [1.54, 1.807) is 16.2 Å². The lowest BCUT2D eigenvalue weighted by molar-refractivity contribution is -0.135. The minimum Gasteiger partial charge on any atom is -0.369 e. The van der Waals surface area contributed by atoms with Crippen molar-refractivity contribution in [1.29, 1.82) is 0 Å². The predicted octanol–water partition coefficient (Wildman–Crippen LogP) is 0.970. The predicted molar refractivity (Wildman–Crippen MR) is 127 cm³/mol. The van der Waals surface area contributed by atoms with E-state index in [0.29, 0.717) is 18.5 Å². The average molecular weight is 455 g/mol. The molecule has 1 atom stereocenters. The van der Waals surface area contributed by atoms with Gasteiger partial charge in [0, 0.05) is 57.4 Å². The summed E-state index contributed by atoms with van der Waals surface area (Å²) in [6.45, 7) is 4.06. The lowest BCUT2D eigenvalue weighted by Crippen LogP contribution is -2.52. The molecule has 9 heteroatoms. The number of carbonyl (C=O) groups is 2. The van der Waals surface area contributed by atoms with Crippen LogP contribution in [0.4, 0.5) is 5.69 Å². The fourth-order valence-corrected chi connectivity index (χ4v) is 5.85. The monoisotopic (exact) mass is 454 g/mol. The van der Waals surface area contributed by atoms with Crippen LogP contribution in [0.2, 0.25) is 0 Å². The van der Waals surface area contributed by atoms with Crippen molar-refractivity contribution in [3.8, 4) is 0 Å². The van der Waals surface area contributed by atoms with Crippen LogP contribution in [0.15, 0.2) is 23.0 Å². The number of hydrogen-bond donors (Lipinski definition) is 2. The quantitative estimate of drug-likeness (QED) is 0.669. The van der Waals surface area contributed by atoms with Crippen LogP contribution in [0.3, 0.4) is 0 Å². The molecule has 1 aliphatic carbocycles. The molecule has 5 rings (SSSR count). The van der Waals surface area contributed by atoms with Gasteiger partial charge in [-0.2, -0.15) is 0 Å². The molecule has 2 aliphatic heterocycles. The third kappa shape index (κ3) is 4.08. The van der Waals surface area contributed by atoms with Gasteiger partial charge in [0.05, 0.1) is 11.0 Å². The molecule has 3 fully saturated rings. The van der Waals surface area contributed by atoms with E-state index in [1.165, 1.54) is 25.7 Å². The van der Waals surface area contributed by atoms with Gasteiger partial charge in [0.1, 0.15) is 6.04 Å². The van der Waals surface area contributed by atoms with Crippen LogP contribution in [0, 0.1) is 0 Å². The Morgan fingerprint density at radius 1 is 0.939 bits per heavy atom. The Balaban J connectivity index is 1.32. The molecule has 2 amide bonds. The molecule has 1 unspecified atom stereocenters. The van der Waals surface area contributed by atoms with Gasteiger partial charge in [-0.25, -0.2) is 4.79 Å². The number of rotatable bonds is 4. The van der Waals surface area contributed by atoms with E-state index in [0.717, 1.165) is 42.9 Å². The van der Waals surface area contributed by atoms with Crippen molar-refractivity contribution in [2.24, 2.45) is 7.05 Å². The zero-order valence-electron chi connectivity index (χ0n) is 19.5. The number of imide groups is 1. The number of imidazole rings is 1. The molecule has 2 N–H and O–H groups in total. The number of carbonyl (C=O) groups excluding carboxylic acids is 2. The fraction of sp³-hybridized carbons (Fsp3) is 0.625. The molecule has 3 heterocycles. The number of fused-ring (bicyclic) bond motifs is 1. The first-order valence-electron chi connectivity index (χ1n) is 12.2. The maximum Gasteiger partial charge on any atom is 0.329 e. The van der Waals surface area contributed by atoms with Crippen LogP contribution < -0.4 is 21.2 Å². The molecule has 0 radical (unpaired) electrons. The van der Waals surface area contributed by atoms with Crippen LogP contribution in [-0.2, 0) is 16.6 Å². The Kier molecular flexibility index (Phi) is 6.01. The summed E-state index contributed by atoms with van der Waals surface area (Å²) in [6, 6.07) is 6.79. The number of aryl methyl sites for hydroxylation is 1. The van der Waals surface area contributed by atoms with E-state index in [-0.39, 0.29) is 18.0 Å². The maximum atomic E-state index is 13.0. The highest BCUT2D eigenvalue weighted by Gasteiger charge is 2.32. The van der Waals surface area contributed by atoms with Crippen LogP contribution in [0.25, 0.3) is 11.0 Å². The molecular weight excluding hydrogens is 420 g/mol. The van der Waals surface area contributed by atoms with Gasteiger partial charge >= 0.3 is 5.69 Å². The molecule has 1 aromatic heterocycles. The lowest BCUT2D eigenvalue weighted by atomic mass is 9.90. The summed E-state index contributed by atoms with van der Waals surface area (Å²) < 4.78 is 3.15. The Morgan fingerprint density at radius 2 is 1.67 bits per heavy atom. The number of nitrogens with zero attached hydrogens (tertiary/aromatic N) is 4. The minimum absolute atomic E-state index is 0.223. The molecule has 2 saturated heterocycles. The van der Waals surface area contributed by atoms with Gasteiger partial charge in [-0.3, -0.25) is 28.9 Å². The number of benzene rings is 1. The van der Waals surface area contributed by atoms with Crippen molar-refractivity contribution in [3.63, 3.8) is 0 Å². The minimum atomic E-state index is -0.647. The summed E-state index contributed by atoms with van der Waals surface area (Å²) in [5, 5.41) is 5.78. The van der Waals surface area contributed by atoms with Crippen molar-refractivity contribution in [2.45, 2.75) is 56.7 Å². The lowest BCUT2D eigenvalue weighted by Gasteiger charge is -2.42. The number of piperidine rings is 1. The van der Waals surface area contributed by atoms with Crippen molar-refractivity contribution in [1.82, 2.24) is 24.7 Å². The smallest absolute Gasteiger partial charge is 0.329 e. The first-order valence-corrected chi connectivity index (χ1v) is 12.2. The van der Waals surface area contributed by atoms with Crippen molar-refractivity contribution in [2.75, 3.05) is 38.1 Å². The summed E-state index contributed by atoms with van der Waals surface area (Å²) in [5.41, 5.74) is 2.44. The van der Waals surface area contributed by atoms with Gasteiger partial charge in [0.25, 0.3) is 0 Å². The van der Waals surface area contributed by atoms with Crippen LogP contribution >= 0.6 is 0 Å². The Hall–Kier alpha value is -2.65. The summed E-state index contributed by atoms with van der Waals surface area (Å²) in [5.74, 6) is -0.675. The van der Waals surface area contributed by atoms with Gasteiger partial charge < -0.3 is 10.2 Å². The summed E-state index contributed by atoms with van der Waals surface area (Å²) in [7, 11) is 3.81. The zero-order chi connectivity index (χ0) is 23.1. The number of aromatic nitrogens is 2. The van der Waals surface area contributed by atoms with Gasteiger partial charge in [-0.05, 0) is 57.4 Å². The fourth-order valence-electron chi connectivity index (χ4n) is 5.85. The van der Waals surface area contributed by atoms with E-state index in [9.17, 15) is 14.4 Å². The first kappa shape index (κ1) is 22.2. The summed E-state index contributed by atoms with van der Waals surface area (Å²) in [4.78, 5) is 42.0. The molecule has 0 bridgehead atoms. The third-order valence-electron chi connectivity index (χ3n) is 7.90. The molecule has 2 aromatic rings. The molecule has 0 spiro atoms. The zero-order valence-corrected chi connectivity index (χ0v) is 19.5. The van der Waals surface area contributed by atoms with Gasteiger partial charge in [0.2, 0.25) is 11.8 Å². The molecular formula is C24H34N6O3. The molecule has 3 aliphatic rings. The van der Waals surface area contributed by atoms with E-state index in [2.05, 4.69) is 39.6 Å². The van der Waals surface area contributed by atoms with Gasteiger partial charge in [-0.15, -0.1) is 0 Å². The van der Waals surface area contributed by atoms with E-state index >= 15 is 0 Å². The van der Waals surface area contributed by atoms with E-state index < -0.39 is 11.9 Å². The van der Waals surface area contributed by atoms with Crippen molar-refractivity contribution >= 4 is 28.5 Å². The second-order valence-electron chi connectivity index (χ2n) is 9.67. The van der Waals surface area contributed by atoms with Gasteiger partial charge in [-0.1, -0.05) is 0 Å². The molecule has 178 valence electrons. The van der Waals surface area contributed by atoms with Gasteiger partial charge in [0.15, 0.2) is 0 Å². The van der Waals surface area contributed by atoms with E-state index in [1.807, 2.05) is 6.07 Å². The first-order chi connectivity index (χ1) is 16.0. The number of anilines is 1. The Bertz CT molecular complexity index is 1110. The molecule has 9 nitrogen and oxygen atoms in total. The molecule has 1 aromatic carbocycles. The number of amides is 2. The summed E-state index contributed by atoms with van der Waals surface area (Å²) in [6.07, 6.45) is 5.66. The van der Waals surface area contributed by atoms with Crippen LogP contribution in [0.1, 0.15) is 44.6 Å². The number of piperazine rings is 1. The highest BCUT2D eigenvalue weighted by molar-refractivity contribution is 6.00. The standard InChI is InChI=1S/C24H34N6O3/c1-25-16-3-5-17(6-4-16)28-11-13-29(14-12-28)18-7-8-19-21(15-18)27(2)24(33)30(19)20-9-10-22(31)26-23(20)32/h7-8,15-17,20,25H,3-6,9-14H2,1-2H3,(H,26,31,32). The molecule has 33 heavy (non-hydrogen) atoms. The average Bonchev–Trinajstić information content (AvgIpc) is 3.09. The Morgan fingerprint density at radius 3 is 2.33 bits per heavy atom. The topological polar surface area (TPSA) is 91.6 Å². The Labute approximate surface area is 193 Å².